The monoisotopic (exact) mass is 580 g/mol. The van der Waals surface area contributed by atoms with Crippen molar-refractivity contribution in [2.75, 3.05) is 0 Å². The van der Waals surface area contributed by atoms with Crippen LogP contribution in [0.4, 0.5) is 13.2 Å². The van der Waals surface area contributed by atoms with E-state index in [4.69, 9.17) is 10.1 Å². The number of fused-ring (bicyclic) bond motifs is 3. The van der Waals surface area contributed by atoms with Gasteiger partial charge in [0.05, 0.1) is 27.7 Å². The predicted molar refractivity (Wildman–Crippen MR) is 153 cm³/mol. The Bertz CT molecular complexity index is 1970. The van der Waals surface area contributed by atoms with Crippen molar-refractivity contribution in [3.8, 4) is 28.5 Å². The molecule has 1 fully saturated rings. The van der Waals surface area contributed by atoms with Gasteiger partial charge in [0.2, 0.25) is 5.82 Å². The molecule has 7 rings (SSSR count). The Labute approximate surface area is 243 Å². The molecular formula is C32H25F3N7O+. The second-order valence-corrected chi connectivity index (χ2v) is 10.9. The van der Waals surface area contributed by atoms with Gasteiger partial charge in [-0.25, -0.2) is 9.97 Å². The molecule has 43 heavy (non-hydrogen) atoms. The van der Waals surface area contributed by atoms with E-state index < -0.39 is 17.6 Å². The van der Waals surface area contributed by atoms with Crippen LogP contribution in [0.25, 0.3) is 45.0 Å². The second kappa shape index (κ2) is 9.97. The zero-order chi connectivity index (χ0) is 29.8. The molecule has 0 saturated heterocycles. The smallest absolute Gasteiger partial charge is 0.339 e. The maximum absolute atomic E-state index is 13.2. The fourth-order valence-corrected chi connectivity index (χ4v) is 6.00. The van der Waals surface area contributed by atoms with E-state index in [1.54, 1.807) is 47.4 Å². The SMILES string of the molecule is CC1CC(NC(=O)C(F)(F)F)(c2ccc(-n3nc(-c4ncccn4)[n+]4ccc5ncc(-c6ccccc6)cc5c34)cc2)C1. The van der Waals surface area contributed by atoms with Crippen LogP contribution in [-0.4, -0.2) is 36.8 Å². The highest BCUT2D eigenvalue weighted by Crippen LogP contribution is 2.46. The van der Waals surface area contributed by atoms with E-state index in [9.17, 15) is 18.0 Å². The van der Waals surface area contributed by atoms with Crippen LogP contribution in [-0.2, 0) is 10.3 Å². The topological polar surface area (TPSA) is 89.7 Å². The van der Waals surface area contributed by atoms with E-state index in [0.717, 1.165) is 27.7 Å². The molecule has 8 nitrogen and oxygen atoms in total. The molecule has 4 heterocycles. The first-order valence-electron chi connectivity index (χ1n) is 13.8. The second-order valence-electron chi connectivity index (χ2n) is 10.9. The first kappa shape index (κ1) is 26.7. The van der Waals surface area contributed by atoms with Gasteiger partial charge in [0, 0.05) is 24.2 Å². The van der Waals surface area contributed by atoms with E-state index in [0.29, 0.717) is 35.7 Å². The van der Waals surface area contributed by atoms with Crippen LogP contribution in [0, 0.1) is 5.92 Å². The average Bonchev–Trinajstić information content (AvgIpc) is 3.41. The Hall–Kier alpha value is -5.19. The number of carbonyl (C=O) groups is 1. The Morgan fingerprint density at radius 2 is 1.67 bits per heavy atom. The minimum Gasteiger partial charge on any atom is -0.339 e. The number of halogens is 3. The molecule has 1 amide bonds. The summed E-state index contributed by atoms with van der Waals surface area (Å²) in [6.45, 7) is 1.95. The zero-order valence-corrected chi connectivity index (χ0v) is 23.0. The number of pyridine rings is 2. The number of amides is 1. The maximum Gasteiger partial charge on any atom is 0.471 e. The van der Waals surface area contributed by atoms with Crippen LogP contribution in [0.2, 0.25) is 0 Å². The summed E-state index contributed by atoms with van der Waals surface area (Å²) in [5.74, 6) is -0.811. The molecule has 0 unspecified atom stereocenters. The van der Waals surface area contributed by atoms with E-state index in [2.05, 4.69) is 21.4 Å². The first-order valence-corrected chi connectivity index (χ1v) is 13.8. The van der Waals surface area contributed by atoms with Gasteiger partial charge >= 0.3 is 17.9 Å². The number of aromatic nitrogens is 6. The average molecular weight is 581 g/mol. The van der Waals surface area contributed by atoms with Crippen molar-refractivity contribution in [1.29, 1.82) is 0 Å². The number of hydrogen-bond acceptors (Lipinski definition) is 5. The van der Waals surface area contributed by atoms with Crippen LogP contribution in [0.15, 0.2) is 97.6 Å². The Balaban J connectivity index is 1.39. The van der Waals surface area contributed by atoms with Gasteiger partial charge < -0.3 is 5.32 Å². The fourth-order valence-electron chi connectivity index (χ4n) is 6.00. The lowest BCUT2D eigenvalue weighted by molar-refractivity contribution is -0.499. The molecule has 6 aromatic rings. The molecule has 0 bridgehead atoms. The van der Waals surface area contributed by atoms with E-state index in [1.165, 1.54) is 0 Å². The number of benzene rings is 2. The van der Waals surface area contributed by atoms with Crippen molar-refractivity contribution >= 4 is 22.5 Å². The van der Waals surface area contributed by atoms with Crippen LogP contribution in [0.5, 0.6) is 0 Å². The van der Waals surface area contributed by atoms with Crippen LogP contribution in [0.1, 0.15) is 25.3 Å². The molecule has 0 spiro atoms. The zero-order valence-electron chi connectivity index (χ0n) is 23.0. The minimum absolute atomic E-state index is 0.186. The van der Waals surface area contributed by atoms with Crippen molar-refractivity contribution < 1.29 is 22.4 Å². The number of carbonyl (C=O) groups excluding carboxylic acids is 1. The van der Waals surface area contributed by atoms with Crippen LogP contribution in [0.3, 0.4) is 0 Å². The van der Waals surface area contributed by atoms with Gasteiger partial charge in [-0.15, -0.1) is 0 Å². The molecule has 1 aliphatic carbocycles. The fraction of sp³-hybridized carbons (Fsp3) is 0.188. The summed E-state index contributed by atoms with van der Waals surface area (Å²) in [6.07, 6.45) is 2.87. The highest BCUT2D eigenvalue weighted by Gasteiger charge is 2.50. The first-order chi connectivity index (χ1) is 20.7. The lowest BCUT2D eigenvalue weighted by Crippen LogP contribution is -2.57. The van der Waals surface area contributed by atoms with Crippen LogP contribution >= 0.6 is 0 Å². The Morgan fingerprint density at radius 3 is 2.35 bits per heavy atom. The Morgan fingerprint density at radius 1 is 0.953 bits per heavy atom. The summed E-state index contributed by atoms with van der Waals surface area (Å²) in [5, 5.41) is 8.01. The standard InChI is InChI=1S/C32H24F3N7O/c1-20-17-31(18-20,39-30(43)32(33,34)35)23-8-10-24(11-9-23)42-29-25-16-22(21-6-3-2-4-7-21)19-38-26(25)12-15-41(29)28(40-42)27-36-13-5-14-37-27/h2-16,19-20H,17-18H2,1H3/p+1. The summed E-state index contributed by atoms with van der Waals surface area (Å²) in [6, 6.07) is 22.7. The molecule has 1 saturated carbocycles. The van der Waals surface area contributed by atoms with Gasteiger partial charge in [-0.3, -0.25) is 9.78 Å². The summed E-state index contributed by atoms with van der Waals surface area (Å²) >= 11 is 0. The van der Waals surface area contributed by atoms with Gasteiger partial charge in [0.1, 0.15) is 5.69 Å². The molecule has 0 radical (unpaired) electrons. The lowest BCUT2D eigenvalue weighted by atomic mass is 9.65. The number of nitrogens with one attached hydrogen (secondary N) is 1. The third kappa shape index (κ3) is 4.66. The molecule has 4 aromatic heterocycles. The van der Waals surface area contributed by atoms with Gasteiger partial charge in [-0.05, 0) is 60.2 Å². The van der Waals surface area contributed by atoms with Gasteiger partial charge in [0.15, 0.2) is 0 Å². The molecular weight excluding hydrogens is 555 g/mol. The van der Waals surface area contributed by atoms with E-state index >= 15 is 0 Å². The third-order valence-electron chi connectivity index (χ3n) is 7.93. The molecule has 1 N–H and O–H groups in total. The van der Waals surface area contributed by atoms with Crippen molar-refractivity contribution in [2.24, 2.45) is 5.92 Å². The van der Waals surface area contributed by atoms with Crippen molar-refractivity contribution in [1.82, 2.24) is 30.0 Å². The van der Waals surface area contributed by atoms with Gasteiger partial charge in [-0.2, -0.15) is 17.6 Å². The van der Waals surface area contributed by atoms with Crippen molar-refractivity contribution in [3.63, 3.8) is 0 Å². The summed E-state index contributed by atoms with van der Waals surface area (Å²) in [4.78, 5) is 25.5. The molecule has 1 aliphatic rings. The minimum atomic E-state index is -4.96. The molecule has 2 aromatic carbocycles. The van der Waals surface area contributed by atoms with Crippen LogP contribution < -0.4 is 9.72 Å². The van der Waals surface area contributed by atoms with E-state index in [-0.39, 0.29) is 5.92 Å². The largest absolute Gasteiger partial charge is 0.471 e. The quantitative estimate of drug-likeness (QED) is 0.269. The van der Waals surface area contributed by atoms with E-state index in [1.807, 2.05) is 60.1 Å². The summed E-state index contributed by atoms with van der Waals surface area (Å²) < 4.78 is 43.1. The third-order valence-corrected chi connectivity index (χ3v) is 7.93. The molecule has 11 heteroatoms. The van der Waals surface area contributed by atoms with Crippen molar-refractivity contribution in [2.45, 2.75) is 31.5 Å². The number of nitrogens with zero attached hydrogens (tertiary/aromatic N) is 6. The van der Waals surface area contributed by atoms with Gasteiger partial charge in [-0.1, -0.05) is 54.1 Å². The molecule has 214 valence electrons. The molecule has 0 aliphatic heterocycles. The molecule has 0 atom stereocenters. The number of hydrogen-bond donors (Lipinski definition) is 1. The normalized spacial score (nSPS) is 18.5. The number of rotatable bonds is 5. The van der Waals surface area contributed by atoms with Gasteiger partial charge in [0.25, 0.3) is 5.65 Å². The maximum atomic E-state index is 13.2. The Kier molecular flexibility index (Phi) is 6.19. The predicted octanol–water partition coefficient (Wildman–Crippen LogP) is 5.59. The summed E-state index contributed by atoms with van der Waals surface area (Å²) in [5.41, 5.74) is 3.64. The number of alkyl halides is 3. The highest BCUT2D eigenvalue weighted by molar-refractivity contribution is 5.93. The lowest BCUT2D eigenvalue weighted by Gasteiger charge is -2.47. The van der Waals surface area contributed by atoms with Crippen molar-refractivity contribution in [3.05, 3.63) is 103 Å². The summed E-state index contributed by atoms with van der Waals surface area (Å²) in [7, 11) is 0. The highest BCUT2D eigenvalue weighted by atomic mass is 19.4.